The van der Waals surface area contributed by atoms with Crippen LogP contribution in [0.25, 0.3) is 0 Å². The van der Waals surface area contributed by atoms with Crippen molar-refractivity contribution < 1.29 is 14.3 Å². The highest BCUT2D eigenvalue weighted by molar-refractivity contribution is 5.79. The van der Waals surface area contributed by atoms with Gasteiger partial charge in [-0.05, 0) is 24.0 Å². The summed E-state index contributed by atoms with van der Waals surface area (Å²) in [6.45, 7) is 3.08. The van der Waals surface area contributed by atoms with Gasteiger partial charge < -0.3 is 9.47 Å². The molecule has 0 bridgehead atoms. The number of carbonyl (C=O) groups excluding carboxylic acids is 1. The molecule has 0 aromatic heterocycles. The van der Waals surface area contributed by atoms with E-state index in [4.69, 9.17) is 9.47 Å². The third kappa shape index (κ3) is 3.93. The fourth-order valence-electron chi connectivity index (χ4n) is 2.11. The first-order chi connectivity index (χ1) is 9.31. The third-order valence-electron chi connectivity index (χ3n) is 3.27. The fourth-order valence-corrected chi connectivity index (χ4v) is 2.11. The van der Waals surface area contributed by atoms with E-state index in [9.17, 15) is 4.79 Å². The van der Waals surface area contributed by atoms with E-state index in [1.807, 2.05) is 30.3 Å². The number of hydrogen-bond donors (Lipinski definition) is 0. The summed E-state index contributed by atoms with van der Waals surface area (Å²) in [5, 5.41) is 0. The first-order valence-corrected chi connectivity index (χ1v) is 6.82. The first-order valence-electron chi connectivity index (χ1n) is 6.82. The zero-order chi connectivity index (χ0) is 13.5. The van der Waals surface area contributed by atoms with Crippen LogP contribution in [0.4, 0.5) is 0 Å². The van der Waals surface area contributed by atoms with Gasteiger partial charge in [0.1, 0.15) is 5.92 Å². The molecule has 102 valence electrons. The summed E-state index contributed by atoms with van der Waals surface area (Å²) in [5.41, 5.74) is 2.19. The molecule has 0 saturated carbocycles. The summed E-state index contributed by atoms with van der Waals surface area (Å²) in [4.78, 5) is 11.6. The highest BCUT2D eigenvalue weighted by Gasteiger charge is 2.29. The van der Waals surface area contributed by atoms with Crippen molar-refractivity contribution >= 4 is 5.97 Å². The minimum Gasteiger partial charge on any atom is -0.434 e. The van der Waals surface area contributed by atoms with Gasteiger partial charge in [0.05, 0.1) is 19.5 Å². The summed E-state index contributed by atoms with van der Waals surface area (Å²) in [6, 6.07) is 9.97. The van der Waals surface area contributed by atoms with Gasteiger partial charge in [0.2, 0.25) is 0 Å². The van der Waals surface area contributed by atoms with Crippen LogP contribution in [0.1, 0.15) is 31.7 Å². The number of benzene rings is 1. The minimum atomic E-state index is -0.213. The zero-order valence-electron chi connectivity index (χ0n) is 11.3. The second-order valence-corrected chi connectivity index (χ2v) is 4.79. The van der Waals surface area contributed by atoms with Crippen molar-refractivity contribution in [2.24, 2.45) is 5.92 Å². The van der Waals surface area contributed by atoms with Crippen LogP contribution in [0.15, 0.2) is 42.2 Å². The Bertz CT molecular complexity index is 437. The molecule has 1 heterocycles. The molecule has 0 fully saturated rings. The van der Waals surface area contributed by atoms with Crippen LogP contribution in [0.2, 0.25) is 0 Å². The van der Waals surface area contributed by atoms with Gasteiger partial charge in [-0.3, -0.25) is 4.79 Å². The third-order valence-corrected chi connectivity index (χ3v) is 3.27. The number of hydrogen-bond acceptors (Lipinski definition) is 3. The minimum absolute atomic E-state index is 0.181. The van der Waals surface area contributed by atoms with Gasteiger partial charge in [0.25, 0.3) is 0 Å². The molecule has 1 aromatic carbocycles. The molecule has 1 aliphatic heterocycles. The van der Waals surface area contributed by atoms with E-state index < -0.39 is 0 Å². The molecule has 0 saturated heterocycles. The van der Waals surface area contributed by atoms with Crippen molar-refractivity contribution in [1.29, 1.82) is 0 Å². The second kappa shape index (κ2) is 7.10. The standard InChI is InChI=1S/C16H20O3/c1-2-3-9-14-11-19-16(17)15(14)12-18-10-13-7-5-4-6-8-13/h4-8,11,15H,2-3,9-10,12H2,1H3. The predicted molar refractivity (Wildman–Crippen MR) is 73.3 cm³/mol. The summed E-state index contributed by atoms with van der Waals surface area (Å²) >= 11 is 0. The summed E-state index contributed by atoms with van der Waals surface area (Å²) in [7, 11) is 0. The number of rotatable bonds is 7. The Balaban J connectivity index is 1.80. The molecule has 1 aliphatic rings. The highest BCUT2D eigenvalue weighted by Crippen LogP contribution is 2.25. The van der Waals surface area contributed by atoms with Gasteiger partial charge in [-0.15, -0.1) is 0 Å². The molecule has 2 rings (SSSR count). The Labute approximate surface area is 114 Å². The van der Waals surface area contributed by atoms with Crippen LogP contribution in [0.5, 0.6) is 0 Å². The molecular weight excluding hydrogens is 240 g/mol. The Morgan fingerprint density at radius 2 is 2.05 bits per heavy atom. The maximum absolute atomic E-state index is 11.6. The van der Waals surface area contributed by atoms with E-state index in [2.05, 4.69) is 6.92 Å². The van der Waals surface area contributed by atoms with Crippen LogP contribution < -0.4 is 0 Å². The number of carbonyl (C=O) groups is 1. The fraction of sp³-hybridized carbons (Fsp3) is 0.438. The molecule has 1 aromatic rings. The monoisotopic (exact) mass is 260 g/mol. The van der Waals surface area contributed by atoms with Gasteiger partial charge in [-0.25, -0.2) is 0 Å². The lowest BCUT2D eigenvalue weighted by atomic mass is 9.98. The van der Waals surface area contributed by atoms with E-state index in [0.29, 0.717) is 13.2 Å². The van der Waals surface area contributed by atoms with Gasteiger partial charge in [-0.1, -0.05) is 43.7 Å². The smallest absolute Gasteiger partial charge is 0.320 e. The second-order valence-electron chi connectivity index (χ2n) is 4.79. The number of ether oxygens (including phenoxy) is 2. The van der Waals surface area contributed by atoms with Crippen LogP contribution in [0.3, 0.4) is 0 Å². The van der Waals surface area contributed by atoms with Gasteiger partial charge in [0.15, 0.2) is 0 Å². The van der Waals surface area contributed by atoms with Crippen LogP contribution in [0, 0.1) is 5.92 Å². The summed E-state index contributed by atoms with van der Waals surface area (Å²) in [6.07, 6.45) is 4.72. The molecule has 0 N–H and O–H groups in total. The molecule has 1 unspecified atom stereocenters. The maximum Gasteiger partial charge on any atom is 0.320 e. The average molecular weight is 260 g/mol. The summed E-state index contributed by atoms with van der Waals surface area (Å²) < 4.78 is 10.6. The number of unbranched alkanes of at least 4 members (excludes halogenated alkanes) is 1. The SMILES string of the molecule is CCCCC1=COC(=O)C1COCc1ccccc1. The molecule has 0 amide bonds. The van der Waals surface area contributed by atoms with Crippen molar-refractivity contribution in [2.75, 3.05) is 6.61 Å². The topological polar surface area (TPSA) is 35.5 Å². The van der Waals surface area contributed by atoms with E-state index in [0.717, 1.165) is 30.4 Å². The van der Waals surface area contributed by atoms with Crippen molar-refractivity contribution in [1.82, 2.24) is 0 Å². The Morgan fingerprint density at radius 3 is 2.79 bits per heavy atom. The Hall–Kier alpha value is -1.61. The molecule has 0 spiro atoms. The summed E-state index contributed by atoms with van der Waals surface area (Å²) in [5.74, 6) is -0.394. The van der Waals surface area contributed by atoms with E-state index in [1.165, 1.54) is 0 Å². The lowest BCUT2D eigenvalue weighted by molar-refractivity contribution is -0.140. The van der Waals surface area contributed by atoms with Gasteiger partial charge in [-0.2, -0.15) is 0 Å². The molecule has 3 nitrogen and oxygen atoms in total. The molecule has 0 radical (unpaired) electrons. The largest absolute Gasteiger partial charge is 0.434 e. The van der Waals surface area contributed by atoms with E-state index >= 15 is 0 Å². The van der Waals surface area contributed by atoms with Crippen LogP contribution in [-0.4, -0.2) is 12.6 Å². The molecule has 3 heteroatoms. The predicted octanol–water partition coefficient (Wildman–Crippen LogP) is 3.45. The average Bonchev–Trinajstić information content (AvgIpc) is 2.79. The van der Waals surface area contributed by atoms with E-state index in [1.54, 1.807) is 6.26 Å². The maximum atomic E-state index is 11.6. The lowest BCUT2D eigenvalue weighted by Gasteiger charge is -2.11. The number of esters is 1. The Kier molecular flexibility index (Phi) is 5.16. The van der Waals surface area contributed by atoms with E-state index in [-0.39, 0.29) is 11.9 Å². The van der Waals surface area contributed by atoms with Gasteiger partial charge in [0, 0.05) is 0 Å². The van der Waals surface area contributed by atoms with Crippen molar-refractivity contribution in [3.05, 3.63) is 47.7 Å². The molecule has 19 heavy (non-hydrogen) atoms. The van der Waals surface area contributed by atoms with Crippen molar-refractivity contribution in [2.45, 2.75) is 32.8 Å². The molecule has 1 atom stereocenters. The van der Waals surface area contributed by atoms with Gasteiger partial charge >= 0.3 is 5.97 Å². The molecular formula is C16H20O3. The van der Waals surface area contributed by atoms with Crippen LogP contribution >= 0.6 is 0 Å². The number of cyclic esters (lactones) is 1. The quantitative estimate of drug-likeness (QED) is 0.704. The lowest BCUT2D eigenvalue weighted by Crippen LogP contribution is -2.18. The zero-order valence-corrected chi connectivity index (χ0v) is 11.3. The normalized spacial score (nSPS) is 18.3. The molecule has 0 aliphatic carbocycles. The van der Waals surface area contributed by atoms with Crippen molar-refractivity contribution in [3.63, 3.8) is 0 Å². The van der Waals surface area contributed by atoms with Crippen molar-refractivity contribution in [3.8, 4) is 0 Å². The Morgan fingerprint density at radius 1 is 1.26 bits per heavy atom. The van der Waals surface area contributed by atoms with Crippen LogP contribution in [-0.2, 0) is 20.9 Å². The first kappa shape index (κ1) is 13.8. The highest BCUT2D eigenvalue weighted by atomic mass is 16.5.